The summed E-state index contributed by atoms with van der Waals surface area (Å²) in [4.78, 5) is 17.0. The first kappa shape index (κ1) is 9.23. The standard InChI is InChI=1S/C11H7N3OS/c15-10(9-3-1-6-16-9)8-7-13-14-5-2-4-12-11(8)14/h1-7H. The molecule has 0 unspecified atom stereocenters. The largest absolute Gasteiger partial charge is 0.287 e. The highest BCUT2D eigenvalue weighted by Gasteiger charge is 2.15. The average Bonchev–Trinajstić information content (AvgIpc) is 2.98. The van der Waals surface area contributed by atoms with Crippen LogP contribution in [0.2, 0.25) is 0 Å². The lowest BCUT2D eigenvalue weighted by atomic mass is 10.2. The first-order valence-electron chi connectivity index (χ1n) is 4.73. The molecule has 0 spiro atoms. The van der Waals surface area contributed by atoms with E-state index in [1.165, 1.54) is 11.3 Å². The number of aromatic nitrogens is 3. The molecular weight excluding hydrogens is 222 g/mol. The molecule has 0 atom stereocenters. The molecular formula is C11H7N3OS. The van der Waals surface area contributed by atoms with Crippen molar-refractivity contribution >= 4 is 22.8 Å². The Bertz CT molecular complexity index is 642. The minimum absolute atomic E-state index is 0.0244. The minimum Gasteiger partial charge on any atom is -0.287 e. The zero-order valence-corrected chi connectivity index (χ0v) is 9.02. The summed E-state index contributed by atoms with van der Waals surface area (Å²) >= 11 is 1.42. The lowest BCUT2D eigenvalue weighted by Crippen LogP contribution is -1.99. The van der Waals surface area contributed by atoms with Crippen molar-refractivity contribution in [2.24, 2.45) is 0 Å². The lowest BCUT2D eigenvalue weighted by Gasteiger charge is -1.94. The van der Waals surface area contributed by atoms with Crippen LogP contribution in [0.4, 0.5) is 0 Å². The van der Waals surface area contributed by atoms with E-state index >= 15 is 0 Å². The Morgan fingerprint density at radius 1 is 1.38 bits per heavy atom. The summed E-state index contributed by atoms with van der Waals surface area (Å²) in [5, 5.41) is 5.97. The molecule has 78 valence electrons. The van der Waals surface area contributed by atoms with Gasteiger partial charge in [-0.05, 0) is 17.5 Å². The van der Waals surface area contributed by atoms with Gasteiger partial charge in [0.15, 0.2) is 5.65 Å². The number of ketones is 1. The molecule has 0 amide bonds. The van der Waals surface area contributed by atoms with E-state index in [2.05, 4.69) is 10.1 Å². The van der Waals surface area contributed by atoms with E-state index in [1.54, 1.807) is 35.2 Å². The number of carbonyl (C=O) groups excluding carboxylic acids is 1. The summed E-state index contributed by atoms with van der Waals surface area (Å²) in [5.74, 6) is -0.0244. The minimum atomic E-state index is -0.0244. The fourth-order valence-electron chi connectivity index (χ4n) is 1.53. The number of carbonyl (C=O) groups is 1. The molecule has 0 bridgehead atoms. The molecule has 16 heavy (non-hydrogen) atoms. The van der Waals surface area contributed by atoms with Gasteiger partial charge in [-0.15, -0.1) is 11.3 Å². The van der Waals surface area contributed by atoms with Gasteiger partial charge in [0.25, 0.3) is 0 Å². The van der Waals surface area contributed by atoms with Crippen LogP contribution in [-0.2, 0) is 0 Å². The van der Waals surface area contributed by atoms with Crippen LogP contribution in [0.5, 0.6) is 0 Å². The molecule has 0 aliphatic heterocycles. The molecule has 0 saturated heterocycles. The number of fused-ring (bicyclic) bond motifs is 1. The maximum absolute atomic E-state index is 12.1. The summed E-state index contributed by atoms with van der Waals surface area (Å²) in [7, 11) is 0. The van der Waals surface area contributed by atoms with Gasteiger partial charge in [-0.1, -0.05) is 6.07 Å². The van der Waals surface area contributed by atoms with E-state index < -0.39 is 0 Å². The van der Waals surface area contributed by atoms with Crippen LogP contribution in [0.15, 0.2) is 42.2 Å². The third kappa shape index (κ3) is 1.33. The third-order valence-corrected chi connectivity index (χ3v) is 3.14. The Kier molecular flexibility index (Phi) is 2.04. The summed E-state index contributed by atoms with van der Waals surface area (Å²) in [6, 6.07) is 5.44. The van der Waals surface area contributed by atoms with Gasteiger partial charge in [-0.3, -0.25) is 4.79 Å². The average molecular weight is 229 g/mol. The van der Waals surface area contributed by atoms with E-state index in [1.807, 2.05) is 11.4 Å². The van der Waals surface area contributed by atoms with Crippen LogP contribution in [0.1, 0.15) is 15.2 Å². The zero-order chi connectivity index (χ0) is 11.0. The van der Waals surface area contributed by atoms with Crippen molar-refractivity contribution in [1.29, 1.82) is 0 Å². The Labute approximate surface area is 95.2 Å². The maximum Gasteiger partial charge on any atom is 0.208 e. The van der Waals surface area contributed by atoms with Crippen molar-refractivity contribution in [3.05, 3.63) is 52.6 Å². The molecule has 0 fully saturated rings. The lowest BCUT2D eigenvalue weighted by molar-refractivity contribution is 0.104. The van der Waals surface area contributed by atoms with Crippen molar-refractivity contribution in [2.75, 3.05) is 0 Å². The molecule has 3 rings (SSSR count). The van der Waals surface area contributed by atoms with Crippen molar-refractivity contribution in [3.63, 3.8) is 0 Å². The molecule has 4 nitrogen and oxygen atoms in total. The number of hydrogen-bond acceptors (Lipinski definition) is 4. The fourth-order valence-corrected chi connectivity index (χ4v) is 2.21. The molecule has 3 aromatic heterocycles. The van der Waals surface area contributed by atoms with E-state index in [0.717, 1.165) is 0 Å². The molecule has 0 saturated carbocycles. The number of rotatable bonds is 2. The quantitative estimate of drug-likeness (QED) is 0.632. The van der Waals surface area contributed by atoms with Gasteiger partial charge >= 0.3 is 0 Å². The third-order valence-electron chi connectivity index (χ3n) is 2.27. The van der Waals surface area contributed by atoms with Crippen molar-refractivity contribution in [1.82, 2.24) is 14.6 Å². The smallest absolute Gasteiger partial charge is 0.208 e. The van der Waals surface area contributed by atoms with E-state index in [-0.39, 0.29) is 5.78 Å². The highest BCUT2D eigenvalue weighted by atomic mass is 32.1. The first-order chi connectivity index (χ1) is 7.86. The highest BCUT2D eigenvalue weighted by Crippen LogP contribution is 2.17. The van der Waals surface area contributed by atoms with E-state index in [0.29, 0.717) is 16.1 Å². The van der Waals surface area contributed by atoms with Gasteiger partial charge in [0.1, 0.15) is 0 Å². The van der Waals surface area contributed by atoms with Crippen molar-refractivity contribution < 1.29 is 4.79 Å². The zero-order valence-electron chi connectivity index (χ0n) is 8.20. The van der Waals surface area contributed by atoms with Gasteiger partial charge in [0, 0.05) is 12.4 Å². The predicted molar refractivity (Wildman–Crippen MR) is 60.7 cm³/mol. The Morgan fingerprint density at radius 3 is 3.12 bits per heavy atom. The van der Waals surface area contributed by atoms with Gasteiger partial charge in [0.2, 0.25) is 5.78 Å². The second kappa shape index (κ2) is 3.53. The van der Waals surface area contributed by atoms with Crippen LogP contribution in [0.25, 0.3) is 5.65 Å². The molecule has 0 radical (unpaired) electrons. The molecule has 0 aliphatic carbocycles. The summed E-state index contributed by atoms with van der Waals surface area (Å²) in [5.41, 5.74) is 1.14. The molecule has 3 aromatic rings. The summed E-state index contributed by atoms with van der Waals surface area (Å²) in [6.45, 7) is 0. The number of thiophene rings is 1. The van der Waals surface area contributed by atoms with Gasteiger partial charge in [0.05, 0.1) is 16.6 Å². The molecule has 0 aromatic carbocycles. The second-order valence-corrected chi connectivity index (χ2v) is 4.20. The van der Waals surface area contributed by atoms with Crippen molar-refractivity contribution in [3.8, 4) is 0 Å². The Morgan fingerprint density at radius 2 is 2.31 bits per heavy atom. The molecule has 0 aliphatic rings. The monoisotopic (exact) mass is 229 g/mol. The topological polar surface area (TPSA) is 47.3 Å². The normalized spacial score (nSPS) is 10.8. The van der Waals surface area contributed by atoms with E-state index in [4.69, 9.17) is 0 Å². The maximum atomic E-state index is 12.1. The Balaban J connectivity index is 2.16. The van der Waals surface area contributed by atoms with Gasteiger partial charge in [-0.25, -0.2) is 9.50 Å². The molecule has 5 heteroatoms. The number of hydrogen-bond donors (Lipinski definition) is 0. The molecule has 0 N–H and O–H groups in total. The van der Waals surface area contributed by atoms with E-state index in [9.17, 15) is 4.79 Å². The van der Waals surface area contributed by atoms with Gasteiger partial charge < -0.3 is 0 Å². The van der Waals surface area contributed by atoms with Crippen LogP contribution < -0.4 is 0 Å². The van der Waals surface area contributed by atoms with Crippen molar-refractivity contribution in [2.45, 2.75) is 0 Å². The first-order valence-corrected chi connectivity index (χ1v) is 5.61. The predicted octanol–water partition coefficient (Wildman–Crippen LogP) is 2.02. The fraction of sp³-hybridized carbons (Fsp3) is 0. The van der Waals surface area contributed by atoms with Crippen LogP contribution >= 0.6 is 11.3 Å². The number of nitrogens with zero attached hydrogens (tertiary/aromatic N) is 3. The van der Waals surface area contributed by atoms with Crippen LogP contribution in [0.3, 0.4) is 0 Å². The Hall–Kier alpha value is -2.01. The van der Waals surface area contributed by atoms with Gasteiger partial charge in [-0.2, -0.15) is 5.10 Å². The summed E-state index contributed by atoms with van der Waals surface area (Å²) in [6.07, 6.45) is 4.99. The second-order valence-electron chi connectivity index (χ2n) is 3.25. The SMILES string of the molecule is O=C(c1cccs1)c1cnn2cccnc12. The molecule has 3 heterocycles. The van der Waals surface area contributed by atoms with Crippen LogP contribution in [-0.4, -0.2) is 20.4 Å². The van der Waals surface area contributed by atoms with Crippen LogP contribution in [0, 0.1) is 0 Å². The summed E-state index contributed by atoms with van der Waals surface area (Å²) < 4.78 is 1.60. The highest BCUT2D eigenvalue weighted by molar-refractivity contribution is 7.12.